The molecule has 2 rings (SSSR count). The van der Waals surface area contributed by atoms with Crippen LogP contribution in [0.3, 0.4) is 0 Å². The molecule has 1 heterocycles. The number of nitriles is 1. The minimum atomic E-state index is -0.447. The number of ether oxygens (including phenoxy) is 1. The first-order valence-electron chi connectivity index (χ1n) is 9.54. The number of aryl methyl sites for hydroxylation is 1. The van der Waals surface area contributed by atoms with E-state index in [2.05, 4.69) is 32.9 Å². The van der Waals surface area contributed by atoms with Gasteiger partial charge >= 0.3 is 0 Å². The third-order valence-corrected chi connectivity index (χ3v) is 4.92. The Labute approximate surface area is 182 Å². The summed E-state index contributed by atoms with van der Waals surface area (Å²) in [4.78, 5) is 12.7. The number of hydrogen-bond donors (Lipinski definition) is 2. The van der Waals surface area contributed by atoms with E-state index in [-0.39, 0.29) is 11.7 Å². The van der Waals surface area contributed by atoms with Crippen LogP contribution in [-0.4, -0.2) is 42.3 Å². The van der Waals surface area contributed by atoms with Gasteiger partial charge in [-0.25, -0.2) is 4.99 Å². The highest BCUT2D eigenvalue weighted by molar-refractivity contribution is 6.23. The third-order valence-electron chi connectivity index (χ3n) is 4.92. The second-order valence-corrected chi connectivity index (χ2v) is 7.01. The molecule has 4 N–H and O–H groups in total. The predicted molar refractivity (Wildman–Crippen MR) is 124 cm³/mol. The van der Waals surface area contributed by atoms with E-state index in [4.69, 9.17) is 16.2 Å². The molecule has 1 atom stereocenters. The van der Waals surface area contributed by atoms with Crippen molar-refractivity contribution in [2.45, 2.75) is 26.8 Å². The molecule has 0 bridgehead atoms. The Kier molecular flexibility index (Phi) is 7.32. The maximum Gasteiger partial charge on any atom is 0.160 e. The van der Waals surface area contributed by atoms with Crippen LogP contribution in [0.1, 0.15) is 36.6 Å². The molecule has 2 aromatic rings. The van der Waals surface area contributed by atoms with E-state index in [1.165, 1.54) is 0 Å². The van der Waals surface area contributed by atoms with Crippen LogP contribution in [0.2, 0.25) is 0 Å². The Morgan fingerprint density at radius 1 is 1.39 bits per heavy atom. The van der Waals surface area contributed by atoms with Crippen LogP contribution in [-0.2, 0) is 7.05 Å². The van der Waals surface area contributed by atoms with E-state index in [1.807, 2.05) is 27.1 Å². The summed E-state index contributed by atoms with van der Waals surface area (Å²) in [5.74, 6) is 1.08. The highest BCUT2D eigenvalue weighted by Gasteiger charge is 2.23. The summed E-state index contributed by atoms with van der Waals surface area (Å²) < 4.78 is 7.48. The van der Waals surface area contributed by atoms with Crippen molar-refractivity contribution in [1.29, 1.82) is 5.26 Å². The van der Waals surface area contributed by atoms with Gasteiger partial charge in [0, 0.05) is 42.7 Å². The fraction of sp³-hybridized carbons (Fsp3) is 0.318. The van der Waals surface area contributed by atoms with Gasteiger partial charge in [0.2, 0.25) is 0 Å². The molecule has 9 nitrogen and oxygen atoms in total. The van der Waals surface area contributed by atoms with Crippen LogP contribution in [0, 0.1) is 18.3 Å². The average molecular weight is 421 g/mol. The number of nitrogens with two attached hydrogens (primary N) is 2. The molecule has 0 aliphatic carbocycles. The van der Waals surface area contributed by atoms with E-state index in [9.17, 15) is 5.26 Å². The quantitative estimate of drug-likeness (QED) is 0.546. The van der Waals surface area contributed by atoms with Crippen LogP contribution in [0.25, 0.3) is 11.1 Å². The average Bonchev–Trinajstić information content (AvgIpc) is 3.17. The summed E-state index contributed by atoms with van der Waals surface area (Å²) in [5.41, 5.74) is 16.5. The number of benzene rings is 1. The molecule has 1 unspecified atom stereocenters. The summed E-state index contributed by atoms with van der Waals surface area (Å²) in [5, 5.41) is 14.0. The first kappa shape index (κ1) is 23.3. The van der Waals surface area contributed by atoms with E-state index in [0.717, 1.165) is 16.7 Å². The smallest absolute Gasteiger partial charge is 0.160 e. The lowest BCUT2D eigenvalue weighted by atomic mass is 9.92. The van der Waals surface area contributed by atoms with Crippen LogP contribution >= 0.6 is 0 Å². The lowest BCUT2D eigenvalue weighted by molar-refractivity contribution is 0.408. The molecule has 0 saturated heterocycles. The Hall–Kier alpha value is -3.93. The van der Waals surface area contributed by atoms with Crippen LogP contribution in [0.4, 0.5) is 0 Å². The van der Waals surface area contributed by atoms with Gasteiger partial charge < -0.3 is 16.2 Å². The van der Waals surface area contributed by atoms with E-state index < -0.39 is 6.04 Å². The van der Waals surface area contributed by atoms with Gasteiger partial charge in [0.1, 0.15) is 11.6 Å². The molecule has 0 spiro atoms. The number of allylic oxidation sites excluding steroid dienone is 1. The number of rotatable bonds is 6. The zero-order chi connectivity index (χ0) is 23.3. The summed E-state index contributed by atoms with van der Waals surface area (Å²) in [6.45, 7) is 9.06. The van der Waals surface area contributed by atoms with Crippen LogP contribution < -0.4 is 16.2 Å². The summed E-state index contributed by atoms with van der Waals surface area (Å²) in [6.07, 6.45) is 3.61. The van der Waals surface area contributed by atoms with Gasteiger partial charge in [-0.1, -0.05) is 0 Å². The zero-order valence-corrected chi connectivity index (χ0v) is 18.8. The zero-order valence-electron chi connectivity index (χ0n) is 18.8. The topological polar surface area (TPSA) is 140 Å². The Morgan fingerprint density at radius 3 is 2.52 bits per heavy atom. The molecule has 1 aromatic heterocycles. The van der Waals surface area contributed by atoms with Crippen molar-refractivity contribution in [1.82, 2.24) is 9.78 Å². The molecule has 0 saturated carbocycles. The van der Waals surface area contributed by atoms with Crippen molar-refractivity contribution in [3.8, 4) is 22.9 Å². The van der Waals surface area contributed by atoms with E-state index in [0.29, 0.717) is 28.1 Å². The second kappa shape index (κ2) is 9.71. The van der Waals surface area contributed by atoms with Crippen molar-refractivity contribution in [3.63, 3.8) is 0 Å². The van der Waals surface area contributed by atoms with Gasteiger partial charge in [-0.3, -0.25) is 14.7 Å². The number of hydrogen-bond acceptors (Lipinski definition) is 6. The molecule has 0 fully saturated rings. The number of aromatic nitrogens is 2. The van der Waals surface area contributed by atoms with E-state index >= 15 is 0 Å². The molecule has 0 aliphatic heterocycles. The largest absolute Gasteiger partial charge is 0.496 e. The number of methoxy groups -OCH3 is 1. The minimum Gasteiger partial charge on any atom is -0.496 e. The summed E-state index contributed by atoms with van der Waals surface area (Å²) >= 11 is 0. The van der Waals surface area contributed by atoms with Crippen molar-refractivity contribution >= 4 is 18.4 Å². The molecular formula is C22H28N8O. The standard InChI is InChI=1S/C22H28N8O/c1-12-15(9-23)8-17(20(31-7)18(12)16-10-28-30(6)11-16)14(3)29-22(27-5)19(13(2)24)21(25)26-4/h8,10-11,14H,5,24H2,1-4,6-7H3,(H2,25,26). The summed E-state index contributed by atoms with van der Waals surface area (Å²) in [6, 6.07) is 3.59. The van der Waals surface area contributed by atoms with E-state index in [1.54, 1.807) is 38.0 Å². The van der Waals surface area contributed by atoms with Gasteiger partial charge in [-0.15, -0.1) is 0 Å². The van der Waals surface area contributed by atoms with Crippen molar-refractivity contribution in [2.75, 3.05) is 14.2 Å². The van der Waals surface area contributed by atoms with Gasteiger partial charge in [0.15, 0.2) is 5.84 Å². The molecule has 0 amide bonds. The van der Waals surface area contributed by atoms with Gasteiger partial charge in [0.25, 0.3) is 0 Å². The summed E-state index contributed by atoms with van der Waals surface area (Å²) in [7, 11) is 4.98. The van der Waals surface area contributed by atoms with Crippen molar-refractivity contribution in [3.05, 3.63) is 46.4 Å². The number of aliphatic imine (C=N–C) groups is 3. The van der Waals surface area contributed by atoms with Crippen LogP contribution in [0.15, 0.2) is 44.7 Å². The molecule has 162 valence electrons. The number of amidine groups is 2. The molecule has 1 aromatic carbocycles. The fourth-order valence-corrected chi connectivity index (χ4v) is 3.37. The first-order chi connectivity index (χ1) is 14.7. The van der Waals surface area contributed by atoms with Gasteiger partial charge in [0.05, 0.1) is 36.6 Å². The normalized spacial score (nSPS) is 14.0. The van der Waals surface area contributed by atoms with Crippen molar-refractivity contribution < 1.29 is 4.74 Å². The lowest BCUT2D eigenvalue weighted by Crippen LogP contribution is -2.24. The molecule has 9 heteroatoms. The van der Waals surface area contributed by atoms with Crippen molar-refractivity contribution in [2.24, 2.45) is 33.5 Å². The van der Waals surface area contributed by atoms with Gasteiger partial charge in [-0.2, -0.15) is 10.4 Å². The molecule has 0 radical (unpaired) electrons. The SMILES string of the molecule is C=NC(=NC(C)c1cc(C#N)c(C)c(-c2cnn(C)c2)c1OC)C(C(N)=NC)=C(C)N. The Balaban J connectivity index is 2.78. The second-order valence-electron chi connectivity index (χ2n) is 7.01. The lowest BCUT2D eigenvalue weighted by Gasteiger charge is -2.20. The fourth-order valence-electron chi connectivity index (χ4n) is 3.37. The maximum absolute atomic E-state index is 9.73. The highest BCUT2D eigenvalue weighted by Crippen LogP contribution is 2.41. The Morgan fingerprint density at radius 2 is 2.06 bits per heavy atom. The molecular weight excluding hydrogens is 392 g/mol. The van der Waals surface area contributed by atoms with Gasteiger partial charge in [-0.05, 0) is 39.1 Å². The van der Waals surface area contributed by atoms with Crippen LogP contribution in [0.5, 0.6) is 5.75 Å². The number of nitrogens with zero attached hydrogens (tertiary/aromatic N) is 6. The monoisotopic (exact) mass is 420 g/mol. The molecule has 31 heavy (non-hydrogen) atoms. The molecule has 0 aliphatic rings. The first-order valence-corrected chi connectivity index (χ1v) is 9.54. The minimum absolute atomic E-state index is 0.211. The third kappa shape index (κ3) is 4.64. The predicted octanol–water partition coefficient (Wildman–Crippen LogP) is 2.66. The highest BCUT2D eigenvalue weighted by atomic mass is 16.5. The Bertz CT molecular complexity index is 1130. The maximum atomic E-state index is 9.73.